The molecule has 0 unspecified atom stereocenters. The molecular weight excluding hydrogens is 569 g/mol. The normalized spacial score (nSPS) is 14.4. The van der Waals surface area contributed by atoms with Crippen LogP contribution < -0.4 is 0 Å². The first-order chi connectivity index (χ1) is 19.3. The van der Waals surface area contributed by atoms with Crippen molar-refractivity contribution in [2.24, 2.45) is 5.41 Å². The largest absolute Gasteiger partial charge is 0.378 e. The van der Waals surface area contributed by atoms with Crippen molar-refractivity contribution >= 4 is 25.3 Å². The molecule has 0 spiro atoms. The maximum absolute atomic E-state index is 6.62. The van der Waals surface area contributed by atoms with E-state index in [1.54, 1.807) is 10.8 Å². The summed E-state index contributed by atoms with van der Waals surface area (Å²) in [4.78, 5) is 0. The average molecular weight is 635 g/mol. The fraction of sp³-hybridized carbons (Fsp3) is 0.882. The number of allylic oxidation sites excluding steroid dienone is 1. The summed E-state index contributed by atoms with van der Waals surface area (Å²) in [5.74, 6) is 0. The molecule has 42 heavy (non-hydrogen) atoms. The van der Waals surface area contributed by atoms with Crippen molar-refractivity contribution in [2.75, 3.05) is 39.6 Å². The lowest BCUT2D eigenvalue weighted by Crippen LogP contribution is -2.47. The molecule has 0 saturated heterocycles. The van der Waals surface area contributed by atoms with E-state index in [0.29, 0.717) is 39.6 Å². The van der Waals surface area contributed by atoms with Crippen LogP contribution in [0.25, 0.3) is 0 Å². The Bertz CT molecular complexity index is 747. The van der Waals surface area contributed by atoms with Crippen molar-refractivity contribution in [2.45, 2.75) is 150 Å². The first kappa shape index (κ1) is 41.9. The van der Waals surface area contributed by atoms with Crippen LogP contribution in [0.1, 0.15) is 115 Å². The maximum atomic E-state index is 6.62. The predicted octanol–water partition coefficient (Wildman–Crippen LogP) is 8.84. The van der Waals surface area contributed by atoms with E-state index < -0.39 is 16.6 Å². The lowest BCUT2D eigenvalue weighted by atomic mass is 9.90. The summed E-state index contributed by atoms with van der Waals surface area (Å²) in [7, 11) is 0. The Morgan fingerprint density at radius 1 is 0.524 bits per heavy atom. The molecule has 0 radical (unpaired) electrons. The Balaban J connectivity index is 5.46. The molecule has 0 amide bonds. The van der Waals surface area contributed by atoms with Gasteiger partial charge in [0.25, 0.3) is 0 Å². The molecule has 0 aliphatic rings. The van der Waals surface area contributed by atoms with E-state index in [1.807, 2.05) is 6.08 Å². The van der Waals surface area contributed by atoms with Crippen LogP contribution in [-0.4, -0.2) is 74.3 Å². The van der Waals surface area contributed by atoms with Crippen molar-refractivity contribution in [3.63, 3.8) is 0 Å². The van der Waals surface area contributed by atoms with Crippen LogP contribution in [0.4, 0.5) is 0 Å². The molecule has 0 aromatic rings. The smallest absolute Gasteiger partial charge is 0.0661 e. The second-order valence-corrected chi connectivity index (χ2v) is 15.1. The minimum absolute atomic E-state index is 0.0828. The summed E-state index contributed by atoms with van der Waals surface area (Å²) in [6.07, 6.45) is 8.46. The zero-order valence-corrected chi connectivity index (χ0v) is 30.9. The monoisotopic (exact) mass is 634 g/mol. The lowest BCUT2D eigenvalue weighted by Gasteiger charge is -2.40. The lowest BCUT2D eigenvalue weighted by molar-refractivity contribution is -0.174. The topological polar surface area (TPSA) is 55.4 Å². The van der Waals surface area contributed by atoms with Gasteiger partial charge in [-0.05, 0) is 126 Å². The molecule has 0 atom stereocenters. The van der Waals surface area contributed by atoms with Crippen LogP contribution in [0, 0.1) is 5.41 Å². The fourth-order valence-corrected chi connectivity index (χ4v) is 4.15. The molecule has 0 aliphatic carbocycles. The van der Waals surface area contributed by atoms with Crippen molar-refractivity contribution < 1.29 is 28.4 Å². The van der Waals surface area contributed by atoms with E-state index in [2.05, 4.69) is 114 Å². The van der Waals surface area contributed by atoms with E-state index in [0.717, 1.165) is 32.1 Å². The van der Waals surface area contributed by atoms with E-state index in [4.69, 9.17) is 28.4 Å². The van der Waals surface area contributed by atoms with Gasteiger partial charge in [0.2, 0.25) is 0 Å². The van der Waals surface area contributed by atoms with Crippen LogP contribution in [0.5, 0.6) is 0 Å². The van der Waals surface area contributed by atoms with Crippen LogP contribution >= 0.6 is 25.3 Å². The van der Waals surface area contributed by atoms with Crippen molar-refractivity contribution in [1.29, 1.82) is 0 Å². The number of ether oxygens (including phenoxy) is 6. The highest BCUT2D eigenvalue weighted by atomic mass is 32.1. The van der Waals surface area contributed by atoms with E-state index in [-0.39, 0.29) is 23.4 Å². The zero-order valence-electron chi connectivity index (χ0n) is 29.1. The first-order valence-corrected chi connectivity index (χ1v) is 16.7. The minimum Gasteiger partial charge on any atom is -0.378 e. The van der Waals surface area contributed by atoms with Gasteiger partial charge in [-0.25, -0.2) is 0 Å². The van der Waals surface area contributed by atoms with Gasteiger partial charge in [-0.15, -0.1) is 0 Å². The molecule has 0 heterocycles. The van der Waals surface area contributed by atoms with E-state index in [1.165, 1.54) is 0 Å². The van der Waals surface area contributed by atoms with Gasteiger partial charge in [-0.3, -0.25) is 0 Å². The maximum Gasteiger partial charge on any atom is 0.0661 e. The predicted molar refractivity (Wildman–Crippen MR) is 184 cm³/mol. The third kappa shape index (κ3) is 21.6. The highest BCUT2D eigenvalue weighted by molar-refractivity contribution is 7.83. The van der Waals surface area contributed by atoms with E-state index >= 15 is 0 Å². The van der Waals surface area contributed by atoms with Gasteiger partial charge in [0.1, 0.15) is 0 Å². The van der Waals surface area contributed by atoms with Gasteiger partial charge in [0.05, 0.1) is 79.7 Å². The minimum atomic E-state index is -0.472. The summed E-state index contributed by atoms with van der Waals surface area (Å²) in [5, 5.41) is 3.55. The SMILES string of the molecule is CC(C)OCC(COC(C)C)(COC(C)(C)CCOC(C)(C)CC=CS)COC(C)(C)CCOC(C)(C)CCC=CS. The quantitative estimate of drug-likeness (QED) is 0.0979. The molecule has 8 heteroatoms. The molecule has 0 rings (SSSR count). The summed E-state index contributed by atoms with van der Waals surface area (Å²) < 4.78 is 38.0. The second-order valence-electron chi connectivity index (χ2n) is 14.5. The fourth-order valence-electron chi connectivity index (χ4n) is 3.90. The van der Waals surface area contributed by atoms with Crippen LogP contribution in [0.3, 0.4) is 0 Å². The third-order valence-electron chi connectivity index (χ3n) is 7.11. The Hall–Kier alpha value is -0.0600. The van der Waals surface area contributed by atoms with Gasteiger partial charge < -0.3 is 28.4 Å². The van der Waals surface area contributed by atoms with Gasteiger partial charge in [0.15, 0.2) is 0 Å². The second kappa shape index (κ2) is 20.1. The van der Waals surface area contributed by atoms with Gasteiger partial charge in [-0.1, -0.05) is 12.2 Å². The van der Waals surface area contributed by atoms with Crippen LogP contribution in [0.2, 0.25) is 0 Å². The first-order valence-electron chi connectivity index (χ1n) is 15.7. The van der Waals surface area contributed by atoms with Crippen LogP contribution in [0.15, 0.2) is 23.0 Å². The number of hydrogen-bond donors (Lipinski definition) is 2. The molecule has 0 aliphatic heterocycles. The summed E-state index contributed by atoms with van der Waals surface area (Å²) in [6, 6.07) is 0. The van der Waals surface area contributed by atoms with Crippen molar-refractivity contribution in [1.82, 2.24) is 0 Å². The third-order valence-corrected chi connectivity index (χ3v) is 7.53. The Kier molecular flexibility index (Phi) is 20.1. The van der Waals surface area contributed by atoms with Gasteiger partial charge in [-0.2, -0.15) is 25.3 Å². The molecule has 0 saturated carbocycles. The molecule has 0 aromatic heterocycles. The summed E-state index contributed by atoms with van der Waals surface area (Å²) in [5.41, 5.74) is -1.71. The van der Waals surface area contributed by atoms with E-state index in [9.17, 15) is 0 Å². The zero-order chi connectivity index (χ0) is 32.5. The van der Waals surface area contributed by atoms with Crippen molar-refractivity contribution in [3.05, 3.63) is 23.0 Å². The molecule has 0 N–H and O–H groups in total. The molecule has 6 nitrogen and oxygen atoms in total. The standard InChI is InChI=1S/C34H66O6S2/c1-28(2)35-24-34(25-36-29(3)4,27-40-33(11,12)19-21-38-31(7,8)17-15-23-42)26-39-32(9,10)18-20-37-30(5,6)16-13-14-22-41/h14-15,22-23,28-29,41-42H,13,16-21,24-27H2,1-12H3. The number of thiol groups is 2. The molecular formula is C34H66O6S2. The number of hydrogen-bond acceptors (Lipinski definition) is 8. The molecule has 0 fully saturated rings. The summed E-state index contributed by atoms with van der Waals surface area (Å²) in [6.45, 7) is 28.2. The van der Waals surface area contributed by atoms with Gasteiger partial charge in [0, 0.05) is 0 Å². The molecule has 250 valence electrons. The Morgan fingerprint density at radius 3 is 1.33 bits per heavy atom. The summed E-state index contributed by atoms with van der Waals surface area (Å²) >= 11 is 8.31. The Morgan fingerprint density at radius 2 is 0.929 bits per heavy atom. The average Bonchev–Trinajstić information content (AvgIpc) is 2.86. The Labute approximate surface area is 270 Å². The van der Waals surface area contributed by atoms with Gasteiger partial charge >= 0.3 is 0 Å². The van der Waals surface area contributed by atoms with Crippen LogP contribution in [-0.2, 0) is 28.4 Å². The highest BCUT2D eigenvalue weighted by Gasteiger charge is 2.38. The molecule has 0 bridgehead atoms. The van der Waals surface area contributed by atoms with Crippen molar-refractivity contribution in [3.8, 4) is 0 Å². The highest BCUT2D eigenvalue weighted by Crippen LogP contribution is 2.30. The molecule has 0 aromatic carbocycles. The number of rotatable bonds is 25.